The van der Waals surface area contributed by atoms with Crippen LogP contribution in [0, 0.1) is 0 Å². The summed E-state index contributed by atoms with van der Waals surface area (Å²) in [5.74, 6) is -0.101. The average Bonchev–Trinajstić information content (AvgIpc) is 3.56. The quantitative estimate of drug-likeness (QED) is 0.502. The van der Waals surface area contributed by atoms with Crippen molar-refractivity contribution in [2.24, 2.45) is 0 Å². The summed E-state index contributed by atoms with van der Waals surface area (Å²) in [6.45, 7) is 9.28. The summed E-state index contributed by atoms with van der Waals surface area (Å²) in [6, 6.07) is 9.81. The number of carbonyl (C=O) groups excluding carboxylic acids is 2. The predicted octanol–water partition coefficient (Wildman–Crippen LogP) is 4.86. The highest BCUT2D eigenvalue weighted by Gasteiger charge is 2.35. The van der Waals surface area contributed by atoms with Gasteiger partial charge in [-0.05, 0) is 45.7 Å². The number of para-hydroxylation sites is 1. The van der Waals surface area contributed by atoms with Crippen LogP contribution >= 0.6 is 11.3 Å². The SMILES string of the molecule is CCCN(C(=O)c1csc(-c2cnn(-c3ccccc3)c2)n1)C1CCN(C(=O)OC(C)(C)C)C1. The van der Waals surface area contributed by atoms with Gasteiger partial charge in [-0.25, -0.2) is 14.5 Å². The lowest BCUT2D eigenvalue weighted by Gasteiger charge is -2.29. The van der Waals surface area contributed by atoms with E-state index >= 15 is 0 Å². The molecule has 8 nitrogen and oxygen atoms in total. The Hall–Kier alpha value is -3.20. The second kappa shape index (κ2) is 9.97. The molecule has 0 N–H and O–H groups in total. The highest BCUT2D eigenvalue weighted by Crippen LogP contribution is 2.26. The fraction of sp³-hybridized carbons (Fsp3) is 0.440. The Morgan fingerprint density at radius 2 is 2.00 bits per heavy atom. The van der Waals surface area contributed by atoms with Crippen molar-refractivity contribution in [3.8, 4) is 16.3 Å². The third kappa shape index (κ3) is 5.47. The average molecular weight is 482 g/mol. The van der Waals surface area contributed by atoms with Crippen molar-refractivity contribution in [2.75, 3.05) is 19.6 Å². The molecule has 1 fully saturated rings. The van der Waals surface area contributed by atoms with Gasteiger partial charge in [-0.1, -0.05) is 25.1 Å². The Morgan fingerprint density at radius 1 is 1.24 bits per heavy atom. The predicted molar refractivity (Wildman–Crippen MR) is 132 cm³/mol. The minimum absolute atomic E-state index is 0.0500. The normalized spacial score (nSPS) is 16.0. The van der Waals surface area contributed by atoms with Gasteiger partial charge < -0.3 is 14.5 Å². The molecule has 9 heteroatoms. The number of amides is 2. The molecule has 1 atom stereocenters. The number of aromatic nitrogens is 3. The first-order chi connectivity index (χ1) is 16.2. The van der Waals surface area contributed by atoms with E-state index in [1.54, 1.807) is 21.2 Å². The van der Waals surface area contributed by atoms with Gasteiger partial charge >= 0.3 is 6.09 Å². The van der Waals surface area contributed by atoms with E-state index in [4.69, 9.17) is 4.74 Å². The third-order valence-corrected chi connectivity index (χ3v) is 6.45. The number of thiazole rings is 1. The second-order valence-corrected chi connectivity index (χ2v) is 10.3. The van der Waals surface area contributed by atoms with Crippen LogP contribution in [0.25, 0.3) is 16.3 Å². The van der Waals surface area contributed by atoms with E-state index in [-0.39, 0.29) is 18.0 Å². The summed E-state index contributed by atoms with van der Waals surface area (Å²) in [5, 5.41) is 6.99. The first-order valence-corrected chi connectivity index (χ1v) is 12.5. The molecule has 1 aliphatic rings. The van der Waals surface area contributed by atoms with E-state index in [1.807, 2.05) is 69.1 Å². The number of nitrogens with zero attached hydrogens (tertiary/aromatic N) is 5. The minimum atomic E-state index is -0.542. The number of likely N-dealkylation sites (tertiary alicyclic amines) is 1. The van der Waals surface area contributed by atoms with Gasteiger partial charge in [0.05, 0.1) is 17.9 Å². The first-order valence-electron chi connectivity index (χ1n) is 11.6. The van der Waals surface area contributed by atoms with Gasteiger partial charge in [0.15, 0.2) is 0 Å². The van der Waals surface area contributed by atoms with Gasteiger partial charge in [-0.3, -0.25) is 4.79 Å². The van der Waals surface area contributed by atoms with Gasteiger partial charge in [-0.15, -0.1) is 11.3 Å². The fourth-order valence-electron chi connectivity index (χ4n) is 3.99. The molecule has 2 aromatic heterocycles. The van der Waals surface area contributed by atoms with Crippen LogP contribution in [0.4, 0.5) is 4.79 Å². The number of hydrogen-bond donors (Lipinski definition) is 0. The Bertz CT molecular complexity index is 1130. The molecule has 180 valence electrons. The van der Waals surface area contributed by atoms with Gasteiger partial charge in [0.25, 0.3) is 5.91 Å². The molecule has 34 heavy (non-hydrogen) atoms. The second-order valence-electron chi connectivity index (χ2n) is 9.41. The highest BCUT2D eigenvalue weighted by molar-refractivity contribution is 7.13. The Kier molecular flexibility index (Phi) is 7.02. The van der Waals surface area contributed by atoms with Crippen LogP contribution in [0.3, 0.4) is 0 Å². The van der Waals surface area contributed by atoms with Crippen LogP contribution in [0.1, 0.15) is 51.0 Å². The molecule has 1 unspecified atom stereocenters. The van der Waals surface area contributed by atoms with Gasteiger partial charge in [0.1, 0.15) is 16.3 Å². The van der Waals surface area contributed by atoms with E-state index in [0.717, 1.165) is 29.1 Å². The molecular weight excluding hydrogens is 450 g/mol. The Morgan fingerprint density at radius 3 is 2.71 bits per heavy atom. The zero-order chi connectivity index (χ0) is 24.3. The molecule has 1 saturated heterocycles. The molecule has 0 aliphatic carbocycles. The van der Waals surface area contributed by atoms with Crippen molar-refractivity contribution in [1.29, 1.82) is 0 Å². The topological polar surface area (TPSA) is 80.6 Å². The number of hydrogen-bond acceptors (Lipinski definition) is 6. The Labute approximate surface area is 204 Å². The van der Waals surface area contributed by atoms with Crippen molar-refractivity contribution < 1.29 is 14.3 Å². The van der Waals surface area contributed by atoms with Crippen molar-refractivity contribution in [3.05, 3.63) is 53.8 Å². The lowest BCUT2D eigenvalue weighted by molar-refractivity contribution is 0.0275. The highest BCUT2D eigenvalue weighted by atomic mass is 32.1. The molecule has 2 amide bonds. The molecule has 0 bridgehead atoms. The lowest BCUT2D eigenvalue weighted by Crippen LogP contribution is -2.44. The van der Waals surface area contributed by atoms with Crippen molar-refractivity contribution in [3.63, 3.8) is 0 Å². The summed E-state index contributed by atoms with van der Waals surface area (Å²) in [4.78, 5) is 34.1. The molecule has 0 radical (unpaired) electrons. The summed E-state index contributed by atoms with van der Waals surface area (Å²) >= 11 is 1.43. The van der Waals surface area contributed by atoms with E-state index in [0.29, 0.717) is 25.3 Å². The van der Waals surface area contributed by atoms with Gasteiger partial charge in [0.2, 0.25) is 0 Å². The number of benzene rings is 1. The summed E-state index contributed by atoms with van der Waals surface area (Å²) in [7, 11) is 0. The van der Waals surface area contributed by atoms with Crippen LogP contribution < -0.4 is 0 Å². The van der Waals surface area contributed by atoms with E-state index < -0.39 is 5.60 Å². The molecule has 1 aromatic carbocycles. The van der Waals surface area contributed by atoms with Crippen molar-refractivity contribution in [1.82, 2.24) is 24.6 Å². The number of ether oxygens (including phenoxy) is 1. The van der Waals surface area contributed by atoms with E-state index in [2.05, 4.69) is 10.1 Å². The molecular formula is C25H31N5O3S. The molecule has 3 aromatic rings. The van der Waals surface area contributed by atoms with Gasteiger partial charge in [0, 0.05) is 36.8 Å². The monoisotopic (exact) mass is 481 g/mol. The number of carbonyl (C=O) groups is 2. The summed E-state index contributed by atoms with van der Waals surface area (Å²) < 4.78 is 7.30. The zero-order valence-electron chi connectivity index (χ0n) is 20.1. The van der Waals surface area contributed by atoms with Crippen molar-refractivity contribution in [2.45, 2.75) is 52.2 Å². The number of rotatable bonds is 6. The molecule has 1 aliphatic heterocycles. The van der Waals surface area contributed by atoms with Crippen molar-refractivity contribution >= 4 is 23.3 Å². The van der Waals surface area contributed by atoms with Crippen LogP contribution in [0.5, 0.6) is 0 Å². The molecule has 0 spiro atoms. The third-order valence-electron chi connectivity index (χ3n) is 5.55. The largest absolute Gasteiger partial charge is 0.444 e. The fourth-order valence-corrected chi connectivity index (χ4v) is 4.76. The maximum atomic E-state index is 13.4. The first kappa shape index (κ1) is 23.9. The van der Waals surface area contributed by atoms with Crippen LogP contribution in [0.15, 0.2) is 48.1 Å². The van der Waals surface area contributed by atoms with Crippen LogP contribution in [0.2, 0.25) is 0 Å². The molecule has 4 rings (SSSR count). The van der Waals surface area contributed by atoms with Gasteiger partial charge in [-0.2, -0.15) is 5.10 Å². The van der Waals surface area contributed by atoms with E-state index in [9.17, 15) is 9.59 Å². The standard InChI is InChI=1S/C25H31N5O3S/c1-5-12-29(20-11-13-28(16-20)24(32)33-25(2,3)4)23(31)21-17-34-22(27-21)18-14-26-30(15-18)19-9-7-6-8-10-19/h6-10,14-15,17,20H,5,11-13,16H2,1-4H3. The van der Waals surface area contributed by atoms with Crippen LogP contribution in [-0.2, 0) is 4.74 Å². The van der Waals surface area contributed by atoms with E-state index in [1.165, 1.54) is 11.3 Å². The maximum absolute atomic E-state index is 13.4. The lowest BCUT2D eigenvalue weighted by atomic mass is 10.2. The maximum Gasteiger partial charge on any atom is 0.410 e. The smallest absolute Gasteiger partial charge is 0.410 e. The summed E-state index contributed by atoms with van der Waals surface area (Å²) in [5.41, 5.74) is 1.72. The zero-order valence-corrected chi connectivity index (χ0v) is 20.9. The summed E-state index contributed by atoms with van der Waals surface area (Å²) in [6.07, 6.45) is 4.91. The molecule has 3 heterocycles. The van der Waals surface area contributed by atoms with Crippen LogP contribution in [-0.4, -0.2) is 67.8 Å². The minimum Gasteiger partial charge on any atom is -0.444 e. The Balaban J connectivity index is 1.46. The molecule has 0 saturated carbocycles.